The second kappa shape index (κ2) is 11.8. The fourth-order valence-corrected chi connectivity index (χ4v) is 3.48. The maximum atomic E-state index is 5.46. The molecule has 0 aliphatic heterocycles. The van der Waals surface area contributed by atoms with Gasteiger partial charge in [-0.05, 0) is 37.5 Å². The van der Waals surface area contributed by atoms with Gasteiger partial charge in [0.15, 0.2) is 11.7 Å². The van der Waals surface area contributed by atoms with Crippen molar-refractivity contribution in [3.8, 4) is 0 Å². The lowest BCUT2D eigenvalue weighted by Crippen LogP contribution is -2.46. The van der Waals surface area contributed by atoms with Crippen molar-refractivity contribution in [1.82, 2.24) is 15.8 Å². The van der Waals surface area contributed by atoms with E-state index in [1.165, 1.54) is 19.3 Å². The third kappa shape index (κ3) is 6.40. The van der Waals surface area contributed by atoms with E-state index in [-0.39, 0.29) is 24.0 Å². The fraction of sp³-hybridized carbons (Fsp3) is 0.789. The molecule has 6 nitrogen and oxygen atoms in total. The average molecular weight is 478 g/mol. The maximum Gasteiger partial charge on any atom is 0.191 e. The van der Waals surface area contributed by atoms with E-state index >= 15 is 0 Å². The Morgan fingerprint density at radius 1 is 1.35 bits per heavy atom. The van der Waals surface area contributed by atoms with Gasteiger partial charge in [0.25, 0.3) is 0 Å². The van der Waals surface area contributed by atoms with Gasteiger partial charge in [0.05, 0.1) is 12.2 Å². The molecule has 0 aromatic carbocycles. The van der Waals surface area contributed by atoms with Crippen LogP contribution in [-0.4, -0.2) is 38.4 Å². The van der Waals surface area contributed by atoms with E-state index < -0.39 is 0 Å². The van der Waals surface area contributed by atoms with E-state index in [0.717, 1.165) is 49.8 Å². The molecule has 1 aliphatic rings. The van der Waals surface area contributed by atoms with E-state index in [4.69, 9.17) is 9.26 Å². The summed E-state index contributed by atoms with van der Waals surface area (Å²) in [4.78, 5) is 4.32. The molecule has 26 heavy (non-hydrogen) atoms. The normalized spacial score (nSPS) is 16.1. The van der Waals surface area contributed by atoms with Crippen LogP contribution >= 0.6 is 24.0 Å². The van der Waals surface area contributed by atoms with Gasteiger partial charge >= 0.3 is 0 Å². The first-order valence-corrected chi connectivity index (χ1v) is 9.55. The highest BCUT2D eigenvalue weighted by Gasteiger charge is 2.36. The molecular formula is C19H35IN4O2. The van der Waals surface area contributed by atoms with Crippen molar-refractivity contribution in [2.75, 3.05) is 27.3 Å². The van der Waals surface area contributed by atoms with Gasteiger partial charge in [0, 0.05) is 39.3 Å². The van der Waals surface area contributed by atoms with Crippen LogP contribution in [0.4, 0.5) is 0 Å². The van der Waals surface area contributed by atoms with Crippen LogP contribution in [-0.2, 0) is 11.3 Å². The minimum absolute atomic E-state index is 0. The molecule has 1 aromatic heterocycles. The smallest absolute Gasteiger partial charge is 0.191 e. The Labute approximate surface area is 174 Å². The highest BCUT2D eigenvalue weighted by Crippen LogP contribution is 2.43. The number of rotatable bonds is 10. The van der Waals surface area contributed by atoms with Gasteiger partial charge in [-0.25, -0.2) is 0 Å². The zero-order chi connectivity index (χ0) is 18.1. The summed E-state index contributed by atoms with van der Waals surface area (Å²) < 4.78 is 10.7. The van der Waals surface area contributed by atoms with Gasteiger partial charge in [-0.1, -0.05) is 25.4 Å². The number of aromatic nitrogens is 1. The standard InChI is InChI=1S/C19H34N4O2.HI/c1-5-15(6-2)17-12-16(25-23-17)13-21-18(20-3)22-14-19(8-7-9-19)10-11-24-4;/h12,15H,5-11,13-14H2,1-4H3,(H2,20,21,22);1H. The molecule has 1 aliphatic carbocycles. The number of hydrogen-bond donors (Lipinski definition) is 2. The Kier molecular flexibility index (Phi) is 10.5. The van der Waals surface area contributed by atoms with Crippen molar-refractivity contribution in [2.45, 2.75) is 64.8 Å². The van der Waals surface area contributed by atoms with E-state index in [1.54, 1.807) is 14.2 Å². The quantitative estimate of drug-likeness (QED) is 0.302. The third-order valence-electron chi connectivity index (χ3n) is 5.52. The van der Waals surface area contributed by atoms with Crippen molar-refractivity contribution in [1.29, 1.82) is 0 Å². The van der Waals surface area contributed by atoms with Gasteiger partial charge in [-0.3, -0.25) is 4.99 Å². The SMILES string of the molecule is CCC(CC)c1cc(CNC(=NC)NCC2(CCOC)CCC2)on1.I. The van der Waals surface area contributed by atoms with Crippen molar-refractivity contribution >= 4 is 29.9 Å². The van der Waals surface area contributed by atoms with Crippen molar-refractivity contribution in [3.63, 3.8) is 0 Å². The Morgan fingerprint density at radius 3 is 2.62 bits per heavy atom. The maximum absolute atomic E-state index is 5.46. The van der Waals surface area contributed by atoms with E-state index in [9.17, 15) is 0 Å². The lowest BCUT2D eigenvalue weighted by Gasteiger charge is -2.42. The van der Waals surface area contributed by atoms with Crippen LogP contribution in [0, 0.1) is 5.41 Å². The molecule has 1 aromatic rings. The molecule has 1 heterocycles. The summed E-state index contributed by atoms with van der Waals surface area (Å²) in [6, 6.07) is 2.06. The van der Waals surface area contributed by atoms with Crippen LogP contribution in [0.25, 0.3) is 0 Å². The summed E-state index contributed by atoms with van der Waals surface area (Å²) in [6.45, 7) is 6.73. The lowest BCUT2D eigenvalue weighted by atomic mass is 9.67. The largest absolute Gasteiger partial charge is 0.385 e. The number of nitrogens with one attached hydrogen (secondary N) is 2. The lowest BCUT2D eigenvalue weighted by molar-refractivity contribution is 0.0732. The summed E-state index contributed by atoms with van der Waals surface area (Å²) >= 11 is 0. The van der Waals surface area contributed by atoms with Crippen LogP contribution in [0.3, 0.4) is 0 Å². The molecule has 150 valence electrons. The fourth-order valence-electron chi connectivity index (χ4n) is 3.48. The molecule has 0 radical (unpaired) electrons. The highest BCUT2D eigenvalue weighted by molar-refractivity contribution is 14.0. The molecule has 0 saturated heterocycles. The summed E-state index contributed by atoms with van der Waals surface area (Å²) in [7, 11) is 3.57. The zero-order valence-corrected chi connectivity index (χ0v) is 19.0. The summed E-state index contributed by atoms with van der Waals surface area (Å²) in [5, 5.41) is 11.0. The highest BCUT2D eigenvalue weighted by atomic mass is 127. The first-order chi connectivity index (χ1) is 12.2. The molecule has 2 N–H and O–H groups in total. The predicted octanol–water partition coefficient (Wildman–Crippen LogP) is 4.07. The average Bonchev–Trinajstić information content (AvgIpc) is 3.06. The Morgan fingerprint density at radius 2 is 2.08 bits per heavy atom. The molecule has 0 atom stereocenters. The third-order valence-corrected chi connectivity index (χ3v) is 5.52. The Balaban J connectivity index is 0.00000338. The monoisotopic (exact) mass is 478 g/mol. The van der Waals surface area contributed by atoms with E-state index in [1.807, 2.05) is 0 Å². The molecule has 7 heteroatoms. The second-order valence-corrected chi connectivity index (χ2v) is 7.11. The molecule has 0 spiro atoms. The molecule has 0 amide bonds. The molecule has 0 bridgehead atoms. The predicted molar refractivity (Wildman–Crippen MR) is 116 cm³/mol. The number of hydrogen-bond acceptors (Lipinski definition) is 4. The summed E-state index contributed by atoms with van der Waals surface area (Å²) in [6.07, 6.45) is 7.12. The number of methoxy groups -OCH3 is 1. The van der Waals surface area contributed by atoms with Crippen LogP contribution in [0.1, 0.15) is 69.7 Å². The molecule has 2 rings (SSSR count). The number of guanidine groups is 1. The number of halogens is 1. The Hall–Kier alpha value is -0.830. The van der Waals surface area contributed by atoms with Crippen molar-refractivity contribution in [2.24, 2.45) is 10.4 Å². The molecule has 0 unspecified atom stereocenters. The van der Waals surface area contributed by atoms with Crippen LogP contribution in [0.5, 0.6) is 0 Å². The van der Waals surface area contributed by atoms with Crippen LogP contribution < -0.4 is 10.6 Å². The summed E-state index contributed by atoms with van der Waals surface area (Å²) in [5.74, 6) is 2.14. The first-order valence-electron chi connectivity index (χ1n) is 9.55. The minimum atomic E-state index is 0. The topological polar surface area (TPSA) is 71.7 Å². The van der Waals surface area contributed by atoms with E-state index in [0.29, 0.717) is 17.9 Å². The van der Waals surface area contributed by atoms with Gasteiger partial charge in [-0.15, -0.1) is 24.0 Å². The van der Waals surface area contributed by atoms with Crippen molar-refractivity contribution in [3.05, 3.63) is 17.5 Å². The van der Waals surface area contributed by atoms with Crippen molar-refractivity contribution < 1.29 is 9.26 Å². The number of nitrogens with zero attached hydrogens (tertiary/aromatic N) is 2. The molecule has 1 fully saturated rings. The van der Waals surface area contributed by atoms with Gasteiger partial charge in [0.1, 0.15) is 0 Å². The zero-order valence-electron chi connectivity index (χ0n) is 16.6. The van der Waals surface area contributed by atoms with Crippen LogP contribution in [0.15, 0.2) is 15.6 Å². The minimum Gasteiger partial charge on any atom is -0.385 e. The number of aliphatic imine (C=N–C) groups is 1. The molecule has 1 saturated carbocycles. The Bertz CT molecular complexity index is 539. The number of ether oxygens (including phenoxy) is 1. The van der Waals surface area contributed by atoms with Gasteiger partial charge < -0.3 is 19.9 Å². The molecular weight excluding hydrogens is 443 g/mol. The summed E-state index contributed by atoms with van der Waals surface area (Å²) in [5.41, 5.74) is 1.42. The van der Waals surface area contributed by atoms with Crippen LogP contribution in [0.2, 0.25) is 0 Å². The van der Waals surface area contributed by atoms with Gasteiger partial charge in [0.2, 0.25) is 0 Å². The first kappa shape index (κ1) is 23.2. The van der Waals surface area contributed by atoms with Gasteiger partial charge in [-0.2, -0.15) is 0 Å². The van der Waals surface area contributed by atoms with E-state index in [2.05, 4.69) is 40.7 Å². The second-order valence-electron chi connectivity index (χ2n) is 7.11.